The van der Waals surface area contributed by atoms with Crippen molar-refractivity contribution >= 4 is 11.8 Å². The summed E-state index contributed by atoms with van der Waals surface area (Å²) in [5, 5.41) is 9.31. The summed E-state index contributed by atoms with van der Waals surface area (Å²) in [6, 6.07) is 11.5. The third kappa shape index (κ3) is 5.54. The first kappa shape index (κ1) is 25.1. The van der Waals surface area contributed by atoms with Crippen molar-refractivity contribution in [2.75, 3.05) is 7.11 Å². The van der Waals surface area contributed by atoms with Gasteiger partial charge >= 0.3 is 12.1 Å². The van der Waals surface area contributed by atoms with Crippen LogP contribution in [0, 0.1) is 17.2 Å². The first-order valence-electron chi connectivity index (χ1n) is 9.79. The van der Waals surface area contributed by atoms with Crippen LogP contribution in [0.5, 0.6) is 0 Å². The number of hydrogen-bond donors (Lipinski definition) is 0. The molecule has 0 amide bonds. The predicted octanol–water partition coefficient (Wildman–Crippen LogP) is 5.53. The molecule has 0 heterocycles. The minimum Gasteiger partial charge on any atom is -0.435 e. The van der Waals surface area contributed by atoms with Gasteiger partial charge in [-0.05, 0) is 29.0 Å². The number of nitriles is 1. The number of alkyl halides is 3. The second-order valence-electron chi connectivity index (χ2n) is 8.22. The number of rotatable bonds is 6. The maximum Gasteiger partial charge on any atom is 0.417 e. The number of methoxy groups -OCH3 is 1. The van der Waals surface area contributed by atoms with E-state index in [0.29, 0.717) is 0 Å². The van der Waals surface area contributed by atoms with Crippen molar-refractivity contribution in [3.63, 3.8) is 0 Å². The molecule has 0 fully saturated rings. The molecule has 0 aliphatic rings. The molecule has 2 rings (SSSR count). The van der Waals surface area contributed by atoms with Crippen LogP contribution in [0.1, 0.15) is 49.2 Å². The van der Waals surface area contributed by atoms with Gasteiger partial charge in [0, 0.05) is 12.7 Å². The van der Waals surface area contributed by atoms with Gasteiger partial charge in [0.1, 0.15) is 0 Å². The fourth-order valence-electron chi connectivity index (χ4n) is 3.11. The van der Waals surface area contributed by atoms with E-state index in [9.17, 15) is 28.0 Å². The Labute approximate surface area is 184 Å². The summed E-state index contributed by atoms with van der Waals surface area (Å²) in [5.74, 6) is -4.63. The van der Waals surface area contributed by atoms with E-state index in [4.69, 9.17) is 9.47 Å². The maximum absolute atomic E-state index is 14.1. The summed E-state index contributed by atoms with van der Waals surface area (Å²) < 4.78 is 51.8. The number of halogens is 3. The molecule has 32 heavy (non-hydrogen) atoms. The van der Waals surface area contributed by atoms with Gasteiger partial charge in [-0.15, -0.1) is 0 Å². The number of Topliss-reactive ketones (excluding diaryl/α,β-unsaturated/α-hetero) is 1. The molecule has 2 atom stereocenters. The van der Waals surface area contributed by atoms with E-state index in [1.807, 2.05) is 20.8 Å². The van der Waals surface area contributed by atoms with Gasteiger partial charge in [0.25, 0.3) is 0 Å². The minimum atomic E-state index is -4.91. The maximum atomic E-state index is 14.1. The SMILES string of the molecule is COC(C)OC(=O)C(C#N)C(=O)c1cccc(-c2ccc(C(C)(C)C)cc2)c1C(F)(F)F. The number of carbonyl (C=O) groups is 2. The second-order valence-corrected chi connectivity index (χ2v) is 8.22. The number of hydrogen-bond acceptors (Lipinski definition) is 5. The zero-order chi connectivity index (χ0) is 24.3. The number of nitrogens with zero attached hydrogens (tertiary/aromatic N) is 1. The smallest absolute Gasteiger partial charge is 0.417 e. The Morgan fingerprint density at radius 3 is 2.09 bits per heavy atom. The topological polar surface area (TPSA) is 76.4 Å². The summed E-state index contributed by atoms with van der Waals surface area (Å²) >= 11 is 0. The molecule has 0 aromatic heterocycles. The monoisotopic (exact) mass is 447 g/mol. The van der Waals surface area contributed by atoms with Gasteiger partial charge in [0.2, 0.25) is 5.92 Å². The highest BCUT2D eigenvalue weighted by Crippen LogP contribution is 2.40. The standard InChI is InChI=1S/C24H24F3NO4/c1-14(31-5)32-22(30)19(13-28)21(29)18-8-6-7-17(20(18)24(25,26)27)15-9-11-16(12-10-15)23(2,3)4/h6-12,14,19H,1-5H3. The Kier molecular flexibility index (Phi) is 7.47. The van der Waals surface area contributed by atoms with Crippen LogP contribution in [0.25, 0.3) is 11.1 Å². The average molecular weight is 447 g/mol. The van der Waals surface area contributed by atoms with E-state index < -0.39 is 41.3 Å². The highest BCUT2D eigenvalue weighted by atomic mass is 19.4. The van der Waals surface area contributed by atoms with E-state index in [-0.39, 0.29) is 16.5 Å². The lowest BCUT2D eigenvalue weighted by atomic mass is 9.85. The number of ketones is 1. The van der Waals surface area contributed by atoms with Gasteiger partial charge in [0.15, 0.2) is 12.1 Å². The molecule has 0 aliphatic heterocycles. The number of ether oxygens (including phenoxy) is 2. The van der Waals surface area contributed by atoms with Crippen molar-refractivity contribution in [1.82, 2.24) is 0 Å². The highest BCUT2D eigenvalue weighted by molar-refractivity contribution is 6.12. The molecule has 5 nitrogen and oxygen atoms in total. The molecule has 0 saturated heterocycles. The van der Waals surface area contributed by atoms with Crippen LogP contribution >= 0.6 is 0 Å². The van der Waals surface area contributed by atoms with Crippen LogP contribution in [-0.2, 0) is 25.9 Å². The Hall–Kier alpha value is -3.18. The molecular weight excluding hydrogens is 423 g/mol. The summed E-state index contributed by atoms with van der Waals surface area (Å²) in [6.45, 7) is 7.29. The van der Waals surface area contributed by atoms with E-state index in [1.165, 1.54) is 32.2 Å². The number of carbonyl (C=O) groups excluding carboxylic acids is 2. The largest absolute Gasteiger partial charge is 0.435 e. The molecule has 170 valence electrons. The molecule has 0 aliphatic carbocycles. The lowest BCUT2D eigenvalue weighted by molar-refractivity contribution is -0.171. The normalized spacial score (nSPS) is 13.7. The zero-order valence-corrected chi connectivity index (χ0v) is 18.4. The molecule has 0 N–H and O–H groups in total. The Bertz CT molecular complexity index is 1030. The van der Waals surface area contributed by atoms with Crippen LogP contribution in [-0.4, -0.2) is 25.2 Å². The van der Waals surface area contributed by atoms with Gasteiger partial charge in [-0.3, -0.25) is 9.59 Å². The fraction of sp³-hybridized carbons (Fsp3) is 0.375. The fourth-order valence-corrected chi connectivity index (χ4v) is 3.11. The first-order valence-corrected chi connectivity index (χ1v) is 9.79. The highest BCUT2D eigenvalue weighted by Gasteiger charge is 2.41. The van der Waals surface area contributed by atoms with Crippen LogP contribution in [0.3, 0.4) is 0 Å². The third-order valence-electron chi connectivity index (χ3n) is 4.92. The number of esters is 1. The summed E-state index contributed by atoms with van der Waals surface area (Å²) in [7, 11) is 1.23. The molecular formula is C24H24F3NO4. The van der Waals surface area contributed by atoms with Gasteiger partial charge < -0.3 is 9.47 Å². The van der Waals surface area contributed by atoms with Crippen molar-refractivity contribution in [2.45, 2.75) is 45.6 Å². The van der Waals surface area contributed by atoms with Gasteiger partial charge in [-0.25, -0.2) is 0 Å². The predicted molar refractivity (Wildman–Crippen MR) is 112 cm³/mol. The molecule has 2 aromatic rings. The molecule has 2 aromatic carbocycles. The molecule has 8 heteroatoms. The number of benzene rings is 2. The van der Waals surface area contributed by atoms with Crippen molar-refractivity contribution in [1.29, 1.82) is 5.26 Å². The molecule has 0 bridgehead atoms. The molecule has 0 spiro atoms. The molecule has 0 saturated carbocycles. The van der Waals surface area contributed by atoms with Gasteiger partial charge in [-0.2, -0.15) is 18.4 Å². The van der Waals surface area contributed by atoms with E-state index in [1.54, 1.807) is 24.3 Å². The van der Waals surface area contributed by atoms with E-state index >= 15 is 0 Å². The van der Waals surface area contributed by atoms with Crippen molar-refractivity contribution in [3.05, 3.63) is 59.2 Å². The quantitative estimate of drug-likeness (QED) is 0.252. The van der Waals surface area contributed by atoms with Crippen molar-refractivity contribution in [2.24, 2.45) is 5.92 Å². The lowest BCUT2D eigenvalue weighted by Gasteiger charge is -2.21. The van der Waals surface area contributed by atoms with E-state index in [0.717, 1.165) is 11.6 Å². The van der Waals surface area contributed by atoms with Crippen molar-refractivity contribution < 1.29 is 32.2 Å². The van der Waals surface area contributed by atoms with Crippen molar-refractivity contribution in [3.8, 4) is 17.2 Å². The molecule has 2 unspecified atom stereocenters. The second kappa shape index (κ2) is 9.53. The Morgan fingerprint density at radius 2 is 1.62 bits per heavy atom. The summed E-state index contributed by atoms with van der Waals surface area (Å²) in [5.41, 5.74) is -1.21. The minimum absolute atomic E-state index is 0.192. The zero-order valence-electron chi connectivity index (χ0n) is 18.4. The summed E-state index contributed by atoms with van der Waals surface area (Å²) in [4.78, 5) is 25.0. The summed E-state index contributed by atoms with van der Waals surface area (Å²) in [6.07, 6.45) is -5.98. The lowest BCUT2D eigenvalue weighted by Crippen LogP contribution is -2.30. The average Bonchev–Trinajstić information content (AvgIpc) is 2.72. The van der Waals surface area contributed by atoms with Crippen LogP contribution in [0.4, 0.5) is 13.2 Å². The van der Waals surface area contributed by atoms with Crippen LogP contribution in [0.15, 0.2) is 42.5 Å². The molecule has 0 radical (unpaired) electrons. The van der Waals surface area contributed by atoms with Gasteiger partial charge in [-0.1, -0.05) is 63.2 Å². The first-order chi connectivity index (χ1) is 14.8. The van der Waals surface area contributed by atoms with Crippen LogP contribution < -0.4 is 0 Å². The van der Waals surface area contributed by atoms with Gasteiger partial charge in [0.05, 0.1) is 11.6 Å². The van der Waals surface area contributed by atoms with Crippen LogP contribution in [0.2, 0.25) is 0 Å². The third-order valence-corrected chi connectivity index (χ3v) is 4.92. The Morgan fingerprint density at radius 1 is 1.03 bits per heavy atom. The Balaban J connectivity index is 2.59. The van der Waals surface area contributed by atoms with E-state index in [2.05, 4.69) is 0 Å².